The van der Waals surface area contributed by atoms with E-state index in [1.165, 1.54) is 23.1 Å². The Morgan fingerprint density at radius 1 is 1.22 bits per heavy atom. The Hall–Kier alpha value is -3.16. The fourth-order valence-electron chi connectivity index (χ4n) is 3.30. The summed E-state index contributed by atoms with van der Waals surface area (Å²) in [6, 6.07) is 6.30. The third-order valence-corrected chi connectivity index (χ3v) is 4.90. The first-order valence-electron chi connectivity index (χ1n) is 8.93. The van der Waals surface area contributed by atoms with E-state index in [1.807, 2.05) is 4.90 Å². The molecule has 0 aliphatic carbocycles. The average molecular weight is 368 g/mol. The summed E-state index contributed by atoms with van der Waals surface area (Å²) in [7, 11) is 0. The molecule has 0 atom stereocenters. The van der Waals surface area contributed by atoms with Gasteiger partial charge in [0.1, 0.15) is 6.33 Å². The number of benzene rings is 1. The second kappa shape index (κ2) is 8.03. The maximum Gasteiger partial charge on any atom is 0.353 e. The van der Waals surface area contributed by atoms with Crippen molar-refractivity contribution in [3.63, 3.8) is 0 Å². The van der Waals surface area contributed by atoms with Crippen LogP contribution in [-0.4, -0.2) is 47.6 Å². The molecular formula is C19H24N6O2. The molecule has 0 unspecified atom stereocenters. The van der Waals surface area contributed by atoms with E-state index in [1.54, 1.807) is 6.08 Å². The zero-order valence-electron chi connectivity index (χ0n) is 15.7. The normalized spacial score (nSPS) is 14.1. The van der Waals surface area contributed by atoms with Gasteiger partial charge >= 0.3 is 5.69 Å². The largest absolute Gasteiger partial charge is 0.368 e. The highest BCUT2D eigenvalue weighted by molar-refractivity contribution is 5.71. The number of aromatic nitrogens is 2. The smallest absolute Gasteiger partial charge is 0.353 e. The fourth-order valence-corrected chi connectivity index (χ4v) is 3.30. The molecule has 27 heavy (non-hydrogen) atoms. The number of nitro groups is 1. The van der Waals surface area contributed by atoms with Gasteiger partial charge in [-0.1, -0.05) is 18.2 Å². The third-order valence-electron chi connectivity index (χ3n) is 4.90. The molecule has 0 radical (unpaired) electrons. The van der Waals surface area contributed by atoms with Crippen LogP contribution >= 0.6 is 0 Å². The van der Waals surface area contributed by atoms with E-state index in [4.69, 9.17) is 0 Å². The molecule has 0 saturated carbocycles. The zero-order valence-corrected chi connectivity index (χ0v) is 15.7. The van der Waals surface area contributed by atoms with Crippen molar-refractivity contribution in [2.75, 3.05) is 47.8 Å². The highest BCUT2D eigenvalue weighted by atomic mass is 16.6. The molecule has 1 aliphatic heterocycles. The monoisotopic (exact) mass is 368 g/mol. The fraction of sp³-hybridized carbons (Fsp3) is 0.368. The van der Waals surface area contributed by atoms with Crippen LogP contribution in [0.5, 0.6) is 0 Å². The Bertz CT molecular complexity index is 846. The van der Waals surface area contributed by atoms with Gasteiger partial charge in [0.25, 0.3) is 0 Å². The predicted octanol–water partition coefficient (Wildman–Crippen LogP) is 2.93. The number of hydrogen-bond acceptors (Lipinski definition) is 7. The van der Waals surface area contributed by atoms with E-state index < -0.39 is 4.92 Å². The van der Waals surface area contributed by atoms with Crippen molar-refractivity contribution in [2.24, 2.45) is 0 Å². The van der Waals surface area contributed by atoms with Crippen molar-refractivity contribution >= 4 is 23.0 Å². The first-order chi connectivity index (χ1) is 13.0. The summed E-state index contributed by atoms with van der Waals surface area (Å²) in [6.07, 6.45) is 3.00. The van der Waals surface area contributed by atoms with Crippen molar-refractivity contribution < 1.29 is 4.92 Å². The summed E-state index contributed by atoms with van der Waals surface area (Å²) in [4.78, 5) is 23.7. The average Bonchev–Trinajstić information content (AvgIpc) is 2.68. The Morgan fingerprint density at radius 3 is 2.59 bits per heavy atom. The zero-order chi connectivity index (χ0) is 19.4. The SMILES string of the molecule is C=CCNc1ncnc(N2CCN(c3cccc(C)c3C)CC2)c1[N+](=O)[O-]. The molecule has 8 nitrogen and oxygen atoms in total. The van der Waals surface area contributed by atoms with Gasteiger partial charge in [-0.2, -0.15) is 0 Å². The standard InChI is InChI=1S/C19H24N6O2/c1-4-8-20-18-17(25(26)27)19(22-13-21-18)24-11-9-23(10-12-24)16-7-5-6-14(2)15(16)3/h4-7,13H,1,8-12H2,2-3H3,(H,20,21,22). The summed E-state index contributed by atoms with van der Waals surface area (Å²) in [6.45, 7) is 11.1. The van der Waals surface area contributed by atoms with Crippen molar-refractivity contribution in [1.29, 1.82) is 0 Å². The second-order valence-electron chi connectivity index (χ2n) is 6.51. The second-order valence-corrected chi connectivity index (χ2v) is 6.51. The first-order valence-corrected chi connectivity index (χ1v) is 8.93. The van der Waals surface area contributed by atoms with Gasteiger partial charge in [-0.05, 0) is 31.0 Å². The maximum atomic E-state index is 11.6. The molecular weight excluding hydrogens is 344 g/mol. The van der Waals surface area contributed by atoms with E-state index in [-0.39, 0.29) is 11.5 Å². The van der Waals surface area contributed by atoms with E-state index in [0.717, 1.165) is 13.1 Å². The van der Waals surface area contributed by atoms with Gasteiger partial charge in [0.2, 0.25) is 11.6 Å². The van der Waals surface area contributed by atoms with Crippen LogP contribution in [0.3, 0.4) is 0 Å². The van der Waals surface area contributed by atoms with Gasteiger partial charge in [-0.15, -0.1) is 6.58 Å². The molecule has 0 amide bonds. The van der Waals surface area contributed by atoms with E-state index >= 15 is 0 Å². The van der Waals surface area contributed by atoms with Crippen molar-refractivity contribution in [3.05, 3.63) is 58.4 Å². The number of hydrogen-bond donors (Lipinski definition) is 1. The number of rotatable bonds is 6. The maximum absolute atomic E-state index is 11.6. The van der Waals surface area contributed by atoms with Gasteiger partial charge in [0.05, 0.1) is 4.92 Å². The van der Waals surface area contributed by atoms with Crippen LogP contribution < -0.4 is 15.1 Å². The lowest BCUT2D eigenvalue weighted by Gasteiger charge is -2.37. The molecule has 3 rings (SSSR count). The first kappa shape index (κ1) is 18.6. The molecule has 0 bridgehead atoms. The molecule has 2 aromatic rings. The Labute approximate surface area is 158 Å². The van der Waals surface area contributed by atoms with Gasteiger partial charge in [0, 0.05) is 38.4 Å². The van der Waals surface area contributed by atoms with Crippen LogP contribution in [0.2, 0.25) is 0 Å². The number of anilines is 3. The Morgan fingerprint density at radius 2 is 1.93 bits per heavy atom. The molecule has 1 saturated heterocycles. The molecule has 1 aliphatic rings. The highest BCUT2D eigenvalue weighted by Crippen LogP contribution is 2.33. The van der Waals surface area contributed by atoms with Gasteiger partial charge in [0.15, 0.2) is 0 Å². The van der Waals surface area contributed by atoms with Crippen molar-refractivity contribution in [2.45, 2.75) is 13.8 Å². The summed E-state index contributed by atoms with van der Waals surface area (Å²) >= 11 is 0. The number of aryl methyl sites for hydroxylation is 1. The molecule has 1 fully saturated rings. The summed E-state index contributed by atoms with van der Waals surface area (Å²) in [5, 5.41) is 14.6. The van der Waals surface area contributed by atoms with Crippen LogP contribution in [0.4, 0.5) is 23.0 Å². The minimum absolute atomic E-state index is 0.0838. The summed E-state index contributed by atoms with van der Waals surface area (Å²) in [5.74, 6) is 0.587. The van der Waals surface area contributed by atoms with E-state index in [9.17, 15) is 10.1 Å². The minimum atomic E-state index is -0.419. The molecule has 2 heterocycles. The highest BCUT2D eigenvalue weighted by Gasteiger charge is 2.29. The molecule has 1 aromatic carbocycles. The topological polar surface area (TPSA) is 87.4 Å². The van der Waals surface area contributed by atoms with Crippen LogP contribution in [0.15, 0.2) is 37.2 Å². The number of piperazine rings is 1. The molecule has 1 N–H and O–H groups in total. The Balaban J connectivity index is 1.80. The molecule has 0 spiro atoms. The molecule has 1 aromatic heterocycles. The van der Waals surface area contributed by atoms with Gasteiger partial charge in [-0.25, -0.2) is 9.97 Å². The lowest BCUT2D eigenvalue weighted by Crippen LogP contribution is -2.47. The quantitative estimate of drug-likeness (QED) is 0.476. The lowest BCUT2D eigenvalue weighted by molar-refractivity contribution is -0.383. The van der Waals surface area contributed by atoms with E-state index in [2.05, 4.69) is 58.8 Å². The van der Waals surface area contributed by atoms with Gasteiger partial charge in [-0.3, -0.25) is 10.1 Å². The molecule has 8 heteroatoms. The number of nitrogens with zero attached hydrogens (tertiary/aromatic N) is 5. The summed E-state index contributed by atoms with van der Waals surface area (Å²) in [5.41, 5.74) is 3.67. The third kappa shape index (κ3) is 3.84. The van der Waals surface area contributed by atoms with Crippen LogP contribution in [-0.2, 0) is 0 Å². The predicted molar refractivity (Wildman–Crippen MR) is 108 cm³/mol. The summed E-state index contributed by atoms with van der Waals surface area (Å²) < 4.78 is 0. The van der Waals surface area contributed by atoms with Crippen molar-refractivity contribution in [3.8, 4) is 0 Å². The van der Waals surface area contributed by atoms with Crippen LogP contribution in [0.1, 0.15) is 11.1 Å². The lowest BCUT2D eigenvalue weighted by atomic mass is 10.1. The van der Waals surface area contributed by atoms with Crippen LogP contribution in [0, 0.1) is 24.0 Å². The van der Waals surface area contributed by atoms with Crippen molar-refractivity contribution in [1.82, 2.24) is 9.97 Å². The number of nitrogens with one attached hydrogen (secondary N) is 1. The van der Waals surface area contributed by atoms with E-state index in [0.29, 0.717) is 25.5 Å². The Kier molecular flexibility index (Phi) is 5.54. The van der Waals surface area contributed by atoms with Gasteiger partial charge < -0.3 is 15.1 Å². The van der Waals surface area contributed by atoms with Crippen LogP contribution in [0.25, 0.3) is 0 Å². The molecule has 142 valence electrons. The minimum Gasteiger partial charge on any atom is -0.368 e.